The van der Waals surface area contributed by atoms with Crippen LogP contribution in [0.1, 0.15) is 13.8 Å². The van der Waals surface area contributed by atoms with E-state index in [0.717, 1.165) is 0 Å². The second kappa shape index (κ2) is 1.90. The van der Waals surface area contributed by atoms with Gasteiger partial charge in [0.25, 0.3) is 0 Å². The van der Waals surface area contributed by atoms with E-state index in [1.54, 1.807) is 0 Å². The highest BCUT2D eigenvalue weighted by molar-refractivity contribution is 8.77. The highest BCUT2D eigenvalue weighted by atomic mass is 33.1. The van der Waals surface area contributed by atoms with Crippen LogP contribution in [0.3, 0.4) is 0 Å². The first kappa shape index (κ1) is 5.83. The third-order valence-electron chi connectivity index (χ3n) is 0.983. The maximum Gasteiger partial charge on any atom is 0.00965 e. The zero-order valence-corrected chi connectivity index (χ0v) is 6.36. The van der Waals surface area contributed by atoms with Crippen molar-refractivity contribution in [2.45, 2.75) is 13.8 Å². The van der Waals surface area contributed by atoms with Crippen molar-refractivity contribution in [2.24, 2.45) is 5.41 Å². The molecule has 0 unspecified atom stereocenters. The minimum Gasteiger partial charge on any atom is -0.0935 e. The quantitative estimate of drug-likeness (QED) is 0.467. The van der Waals surface area contributed by atoms with Gasteiger partial charge < -0.3 is 0 Å². The van der Waals surface area contributed by atoms with Crippen LogP contribution in [0.15, 0.2) is 0 Å². The van der Waals surface area contributed by atoms with Crippen molar-refractivity contribution in [2.75, 3.05) is 11.5 Å². The third-order valence-corrected chi connectivity index (χ3v) is 4.16. The Morgan fingerprint density at radius 2 is 1.57 bits per heavy atom. The molecule has 0 radical (unpaired) electrons. The SMILES string of the molecule is CC1(C)CSSC1. The lowest BCUT2D eigenvalue weighted by atomic mass is 10.0. The van der Waals surface area contributed by atoms with Gasteiger partial charge in [-0.1, -0.05) is 35.4 Å². The fraction of sp³-hybridized carbons (Fsp3) is 1.00. The first-order valence-corrected chi connectivity index (χ1v) is 4.94. The van der Waals surface area contributed by atoms with Crippen molar-refractivity contribution in [3.05, 3.63) is 0 Å². The Morgan fingerprint density at radius 1 is 1.14 bits per heavy atom. The van der Waals surface area contributed by atoms with Gasteiger partial charge in [0.05, 0.1) is 0 Å². The van der Waals surface area contributed by atoms with Gasteiger partial charge in [-0.25, -0.2) is 0 Å². The molecule has 0 bridgehead atoms. The molecule has 2 heteroatoms. The molecule has 42 valence electrons. The summed E-state index contributed by atoms with van der Waals surface area (Å²) < 4.78 is 0. The molecule has 0 aliphatic carbocycles. The molecule has 0 aromatic rings. The van der Waals surface area contributed by atoms with Crippen LogP contribution in [0.2, 0.25) is 0 Å². The van der Waals surface area contributed by atoms with E-state index in [-0.39, 0.29) is 0 Å². The zero-order chi connectivity index (χ0) is 5.33. The van der Waals surface area contributed by atoms with Crippen LogP contribution >= 0.6 is 21.6 Å². The molecule has 0 N–H and O–H groups in total. The fourth-order valence-corrected chi connectivity index (χ4v) is 4.00. The van der Waals surface area contributed by atoms with Gasteiger partial charge in [-0.15, -0.1) is 0 Å². The van der Waals surface area contributed by atoms with E-state index in [0.29, 0.717) is 5.41 Å². The predicted molar refractivity (Wildman–Crippen MR) is 38.7 cm³/mol. The molecule has 0 atom stereocenters. The second-order valence-electron chi connectivity index (χ2n) is 2.69. The number of hydrogen-bond acceptors (Lipinski definition) is 2. The van der Waals surface area contributed by atoms with Gasteiger partial charge in [0, 0.05) is 11.5 Å². The van der Waals surface area contributed by atoms with Crippen LogP contribution in [-0.2, 0) is 0 Å². The molecule has 1 saturated heterocycles. The Balaban J connectivity index is 2.40. The topological polar surface area (TPSA) is 0 Å². The number of rotatable bonds is 0. The van der Waals surface area contributed by atoms with E-state index in [2.05, 4.69) is 13.8 Å². The van der Waals surface area contributed by atoms with Gasteiger partial charge in [-0.3, -0.25) is 0 Å². The summed E-state index contributed by atoms with van der Waals surface area (Å²) >= 11 is 0. The molecule has 1 heterocycles. The fourth-order valence-electron chi connectivity index (χ4n) is 0.444. The van der Waals surface area contributed by atoms with Crippen molar-refractivity contribution in [3.63, 3.8) is 0 Å². The Bertz CT molecular complexity index is 60.5. The lowest BCUT2D eigenvalue weighted by Crippen LogP contribution is -2.11. The van der Waals surface area contributed by atoms with E-state index in [4.69, 9.17) is 0 Å². The average Bonchev–Trinajstić information content (AvgIpc) is 1.84. The van der Waals surface area contributed by atoms with Crippen LogP contribution in [0.25, 0.3) is 0 Å². The summed E-state index contributed by atoms with van der Waals surface area (Å²) in [6.45, 7) is 4.64. The lowest BCUT2D eigenvalue weighted by molar-refractivity contribution is 0.499. The van der Waals surface area contributed by atoms with Crippen molar-refractivity contribution >= 4 is 21.6 Å². The maximum atomic E-state index is 2.32. The van der Waals surface area contributed by atoms with Gasteiger partial charge in [-0.2, -0.15) is 0 Å². The molecule has 0 nitrogen and oxygen atoms in total. The van der Waals surface area contributed by atoms with E-state index in [1.165, 1.54) is 11.5 Å². The van der Waals surface area contributed by atoms with Gasteiger partial charge in [0.2, 0.25) is 0 Å². The predicted octanol–water partition coefficient (Wildman–Crippen LogP) is 2.41. The molecule has 0 aromatic carbocycles. The summed E-state index contributed by atoms with van der Waals surface area (Å²) in [5, 5.41) is 0. The second-order valence-corrected chi connectivity index (χ2v) is 5.15. The standard InChI is InChI=1S/C5H10S2/c1-5(2)3-6-7-4-5/h3-4H2,1-2H3. The van der Waals surface area contributed by atoms with Crippen LogP contribution in [0.4, 0.5) is 0 Å². The first-order valence-electron chi connectivity index (χ1n) is 2.45. The van der Waals surface area contributed by atoms with E-state index in [9.17, 15) is 0 Å². The minimum absolute atomic E-state index is 0.620. The van der Waals surface area contributed by atoms with Gasteiger partial charge in [0.1, 0.15) is 0 Å². The maximum absolute atomic E-state index is 2.32. The molecule has 1 aliphatic heterocycles. The van der Waals surface area contributed by atoms with Crippen LogP contribution < -0.4 is 0 Å². The lowest BCUT2D eigenvalue weighted by Gasteiger charge is -2.11. The summed E-state index contributed by atoms with van der Waals surface area (Å²) in [5.41, 5.74) is 0.620. The van der Waals surface area contributed by atoms with Crippen molar-refractivity contribution in [1.29, 1.82) is 0 Å². The summed E-state index contributed by atoms with van der Waals surface area (Å²) in [4.78, 5) is 0. The van der Waals surface area contributed by atoms with Gasteiger partial charge in [0.15, 0.2) is 0 Å². The third kappa shape index (κ3) is 1.57. The Kier molecular flexibility index (Phi) is 1.58. The van der Waals surface area contributed by atoms with Crippen LogP contribution in [0, 0.1) is 5.41 Å². The molecule has 0 amide bonds. The molecule has 1 fully saturated rings. The molecule has 7 heavy (non-hydrogen) atoms. The normalized spacial score (nSPS) is 28.3. The highest BCUT2D eigenvalue weighted by Gasteiger charge is 2.23. The van der Waals surface area contributed by atoms with Crippen molar-refractivity contribution < 1.29 is 0 Å². The highest BCUT2D eigenvalue weighted by Crippen LogP contribution is 2.42. The number of hydrogen-bond donors (Lipinski definition) is 0. The summed E-state index contributed by atoms with van der Waals surface area (Å²) in [6.07, 6.45) is 0. The van der Waals surface area contributed by atoms with E-state index < -0.39 is 0 Å². The average molecular weight is 134 g/mol. The molecule has 1 rings (SSSR count). The zero-order valence-electron chi connectivity index (χ0n) is 4.73. The van der Waals surface area contributed by atoms with Crippen molar-refractivity contribution in [3.8, 4) is 0 Å². The molecular weight excluding hydrogens is 124 g/mol. The summed E-state index contributed by atoms with van der Waals surface area (Å²) in [5.74, 6) is 2.66. The molecule has 1 aliphatic rings. The summed E-state index contributed by atoms with van der Waals surface area (Å²) in [6, 6.07) is 0. The Hall–Kier alpha value is 0.700. The van der Waals surface area contributed by atoms with Crippen LogP contribution in [-0.4, -0.2) is 11.5 Å². The van der Waals surface area contributed by atoms with Crippen LogP contribution in [0.5, 0.6) is 0 Å². The Morgan fingerprint density at radius 3 is 1.71 bits per heavy atom. The largest absolute Gasteiger partial charge is 0.0935 e. The molecule has 0 saturated carbocycles. The summed E-state index contributed by atoms with van der Waals surface area (Å²) in [7, 11) is 4.00. The van der Waals surface area contributed by atoms with E-state index >= 15 is 0 Å². The van der Waals surface area contributed by atoms with Gasteiger partial charge >= 0.3 is 0 Å². The van der Waals surface area contributed by atoms with Crippen molar-refractivity contribution in [1.82, 2.24) is 0 Å². The van der Waals surface area contributed by atoms with E-state index in [1.807, 2.05) is 21.6 Å². The monoisotopic (exact) mass is 134 g/mol. The minimum atomic E-state index is 0.620. The molecular formula is C5H10S2. The first-order chi connectivity index (χ1) is 3.21. The molecule has 0 aromatic heterocycles. The molecule has 0 spiro atoms. The Labute approximate surface area is 52.8 Å². The van der Waals surface area contributed by atoms with Gasteiger partial charge in [-0.05, 0) is 5.41 Å². The smallest absolute Gasteiger partial charge is 0.00965 e.